The molecule has 0 spiro atoms. The number of rotatable bonds is 6. The van der Waals surface area contributed by atoms with Gasteiger partial charge in [-0.25, -0.2) is 0 Å². The monoisotopic (exact) mass is 302 g/mol. The van der Waals surface area contributed by atoms with E-state index < -0.39 is 6.04 Å². The van der Waals surface area contributed by atoms with Crippen molar-refractivity contribution >= 4 is 22.7 Å². The van der Waals surface area contributed by atoms with Crippen molar-refractivity contribution < 1.29 is 9.59 Å². The van der Waals surface area contributed by atoms with Crippen LogP contribution in [-0.2, 0) is 16.0 Å². The fourth-order valence-corrected chi connectivity index (χ4v) is 2.30. The SMILES string of the molecule is CC(C)NC(=O)CNC(=O)[C@@H](N)Cc1c[nH]c2ccccc12. The molecule has 0 radical (unpaired) electrons. The summed E-state index contributed by atoms with van der Waals surface area (Å²) >= 11 is 0. The van der Waals surface area contributed by atoms with E-state index in [-0.39, 0.29) is 24.4 Å². The van der Waals surface area contributed by atoms with Crippen LogP contribution in [0, 0.1) is 0 Å². The Balaban J connectivity index is 1.90. The number of fused-ring (bicyclic) bond motifs is 1. The Labute approximate surface area is 129 Å². The standard InChI is InChI=1S/C16H22N4O2/c1-10(2)20-15(21)9-19-16(22)13(17)7-11-8-18-14-6-4-3-5-12(11)14/h3-6,8,10,13,18H,7,9,17H2,1-2H3,(H,19,22)(H,20,21)/t13-/m0/s1. The van der Waals surface area contributed by atoms with E-state index in [0.29, 0.717) is 6.42 Å². The molecule has 0 saturated carbocycles. The number of carbonyl (C=O) groups excluding carboxylic acids is 2. The van der Waals surface area contributed by atoms with E-state index in [0.717, 1.165) is 16.5 Å². The summed E-state index contributed by atoms with van der Waals surface area (Å²) < 4.78 is 0. The normalized spacial score (nSPS) is 12.4. The van der Waals surface area contributed by atoms with Gasteiger partial charge < -0.3 is 21.4 Å². The Morgan fingerprint density at radius 1 is 1.27 bits per heavy atom. The molecule has 5 N–H and O–H groups in total. The average molecular weight is 302 g/mol. The molecule has 1 aromatic carbocycles. The highest BCUT2D eigenvalue weighted by Gasteiger charge is 2.17. The molecule has 1 heterocycles. The molecule has 0 aliphatic heterocycles. The zero-order chi connectivity index (χ0) is 16.1. The van der Waals surface area contributed by atoms with E-state index in [9.17, 15) is 9.59 Å². The van der Waals surface area contributed by atoms with Crippen LogP contribution in [0.5, 0.6) is 0 Å². The molecule has 2 amide bonds. The number of para-hydroxylation sites is 1. The van der Waals surface area contributed by atoms with E-state index >= 15 is 0 Å². The molecule has 1 aromatic heterocycles. The van der Waals surface area contributed by atoms with Crippen LogP contribution < -0.4 is 16.4 Å². The van der Waals surface area contributed by atoms with E-state index in [1.54, 1.807) is 0 Å². The lowest BCUT2D eigenvalue weighted by Gasteiger charge is -2.13. The van der Waals surface area contributed by atoms with E-state index in [4.69, 9.17) is 5.73 Å². The van der Waals surface area contributed by atoms with Crippen LogP contribution in [0.15, 0.2) is 30.5 Å². The zero-order valence-corrected chi connectivity index (χ0v) is 12.8. The van der Waals surface area contributed by atoms with Gasteiger partial charge in [0.25, 0.3) is 0 Å². The Hall–Kier alpha value is -2.34. The highest BCUT2D eigenvalue weighted by Crippen LogP contribution is 2.18. The van der Waals surface area contributed by atoms with Crippen LogP contribution in [0.3, 0.4) is 0 Å². The van der Waals surface area contributed by atoms with Crippen molar-refractivity contribution in [2.45, 2.75) is 32.4 Å². The van der Waals surface area contributed by atoms with Gasteiger partial charge in [-0.1, -0.05) is 18.2 Å². The van der Waals surface area contributed by atoms with Crippen molar-refractivity contribution in [1.82, 2.24) is 15.6 Å². The maximum atomic E-state index is 12.0. The molecular weight excluding hydrogens is 280 g/mol. The fourth-order valence-electron chi connectivity index (χ4n) is 2.30. The van der Waals surface area contributed by atoms with Gasteiger partial charge in [0.1, 0.15) is 0 Å². The van der Waals surface area contributed by atoms with Gasteiger partial charge in [0.05, 0.1) is 12.6 Å². The zero-order valence-electron chi connectivity index (χ0n) is 12.8. The number of hydrogen-bond donors (Lipinski definition) is 4. The lowest BCUT2D eigenvalue weighted by atomic mass is 10.1. The van der Waals surface area contributed by atoms with E-state index in [2.05, 4.69) is 15.6 Å². The Morgan fingerprint density at radius 2 is 2.00 bits per heavy atom. The molecule has 0 unspecified atom stereocenters. The third-order valence-electron chi connectivity index (χ3n) is 3.32. The van der Waals surface area contributed by atoms with Crippen LogP contribution in [0.4, 0.5) is 0 Å². The van der Waals surface area contributed by atoms with Gasteiger partial charge in [0.15, 0.2) is 0 Å². The van der Waals surface area contributed by atoms with Crippen LogP contribution in [-0.4, -0.2) is 35.4 Å². The molecule has 0 bridgehead atoms. The quantitative estimate of drug-likeness (QED) is 0.631. The summed E-state index contributed by atoms with van der Waals surface area (Å²) in [6, 6.07) is 7.21. The maximum Gasteiger partial charge on any atom is 0.239 e. The molecule has 0 fully saturated rings. The van der Waals surface area contributed by atoms with Crippen molar-refractivity contribution in [1.29, 1.82) is 0 Å². The number of amides is 2. The molecule has 1 atom stereocenters. The van der Waals surface area contributed by atoms with Gasteiger partial charge >= 0.3 is 0 Å². The lowest BCUT2D eigenvalue weighted by Crippen LogP contribution is -2.46. The highest BCUT2D eigenvalue weighted by atomic mass is 16.2. The second-order valence-electron chi connectivity index (χ2n) is 5.61. The number of aromatic nitrogens is 1. The minimum absolute atomic E-state index is 0.0456. The van der Waals surface area contributed by atoms with Crippen molar-refractivity contribution in [2.24, 2.45) is 5.73 Å². The Morgan fingerprint density at radius 3 is 2.73 bits per heavy atom. The molecule has 0 saturated heterocycles. The summed E-state index contributed by atoms with van der Waals surface area (Å²) in [6.45, 7) is 3.67. The summed E-state index contributed by atoms with van der Waals surface area (Å²) in [7, 11) is 0. The summed E-state index contributed by atoms with van der Waals surface area (Å²) in [4.78, 5) is 26.6. The number of hydrogen-bond acceptors (Lipinski definition) is 3. The first-order chi connectivity index (χ1) is 10.5. The van der Waals surface area contributed by atoms with Gasteiger partial charge in [0.2, 0.25) is 11.8 Å². The number of benzene rings is 1. The molecule has 22 heavy (non-hydrogen) atoms. The minimum Gasteiger partial charge on any atom is -0.361 e. The predicted octanol–water partition coefficient (Wildman–Crippen LogP) is 0.679. The number of aromatic amines is 1. The number of carbonyl (C=O) groups is 2. The molecule has 118 valence electrons. The van der Waals surface area contributed by atoms with Gasteiger partial charge in [-0.2, -0.15) is 0 Å². The van der Waals surface area contributed by atoms with Crippen molar-refractivity contribution in [3.05, 3.63) is 36.0 Å². The third-order valence-corrected chi connectivity index (χ3v) is 3.32. The summed E-state index contributed by atoms with van der Waals surface area (Å²) in [6.07, 6.45) is 2.28. The predicted molar refractivity (Wildman–Crippen MR) is 86.3 cm³/mol. The fraction of sp³-hybridized carbons (Fsp3) is 0.375. The molecule has 0 aliphatic rings. The number of nitrogens with two attached hydrogens (primary N) is 1. The van der Waals surface area contributed by atoms with E-state index in [1.807, 2.05) is 44.3 Å². The molecule has 6 nitrogen and oxygen atoms in total. The molecular formula is C16H22N4O2. The van der Waals surface area contributed by atoms with Crippen LogP contribution in [0.25, 0.3) is 10.9 Å². The second-order valence-corrected chi connectivity index (χ2v) is 5.61. The lowest BCUT2D eigenvalue weighted by molar-refractivity contribution is -0.127. The first kappa shape index (κ1) is 16.0. The number of nitrogens with one attached hydrogen (secondary N) is 3. The van der Waals surface area contributed by atoms with Gasteiger partial charge in [0, 0.05) is 23.1 Å². The second kappa shape index (κ2) is 7.09. The maximum absolute atomic E-state index is 12.0. The first-order valence-electron chi connectivity index (χ1n) is 7.35. The molecule has 6 heteroatoms. The summed E-state index contributed by atoms with van der Waals surface area (Å²) in [5.41, 5.74) is 7.94. The third kappa shape index (κ3) is 4.08. The minimum atomic E-state index is -0.689. The molecule has 0 aliphatic carbocycles. The van der Waals surface area contributed by atoms with Crippen LogP contribution in [0.1, 0.15) is 19.4 Å². The van der Waals surface area contributed by atoms with E-state index in [1.165, 1.54) is 0 Å². The van der Waals surface area contributed by atoms with Gasteiger partial charge in [-0.15, -0.1) is 0 Å². The number of H-pyrrole nitrogens is 1. The van der Waals surface area contributed by atoms with Crippen LogP contribution in [0.2, 0.25) is 0 Å². The van der Waals surface area contributed by atoms with Gasteiger partial charge in [-0.05, 0) is 31.9 Å². The van der Waals surface area contributed by atoms with Crippen molar-refractivity contribution in [3.8, 4) is 0 Å². The van der Waals surface area contributed by atoms with Crippen LogP contribution >= 0.6 is 0 Å². The van der Waals surface area contributed by atoms with Crippen molar-refractivity contribution in [3.63, 3.8) is 0 Å². The average Bonchev–Trinajstić information content (AvgIpc) is 2.87. The Bertz CT molecular complexity index is 663. The topological polar surface area (TPSA) is 100 Å². The van der Waals surface area contributed by atoms with Crippen molar-refractivity contribution in [2.75, 3.05) is 6.54 Å². The largest absolute Gasteiger partial charge is 0.361 e. The van der Waals surface area contributed by atoms with Gasteiger partial charge in [-0.3, -0.25) is 9.59 Å². The smallest absolute Gasteiger partial charge is 0.239 e. The molecule has 2 rings (SSSR count). The summed E-state index contributed by atoms with van der Waals surface area (Å²) in [5, 5.41) is 6.33. The first-order valence-corrected chi connectivity index (χ1v) is 7.35. The summed E-state index contributed by atoms with van der Waals surface area (Å²) in [5.74, 6) is -0.549. The molecule has 2 aromatic rings. The highest BCUT2D eigenvalue weighted by molar-refractivity contribution is 5.89. The Kier molecular flexibility index (Phi) is 5.16.